The zero-order valence-electron chi connectivity index (χ0n) is 6.44. The molecule has 0 bridgehead atoms. The second-order valence-corrected chi connectivity index (χ2v) is 4.18. The highest BCUT2D eigenvalue weighted by Gasteiger charge is 2.14. The second-order valence-electron chi connectivity index (χ2n) is 1.81. The average molecular weight is 242 g/mol. The van der Waals surface area contributed by atoms with Gasteiger partial charge in [-0.2, -0.15) is 0 Å². The van der Waals surface area contributed by atoms with Crippen LogP contribution in [0.25, 0.3) is 0 Å². The first kappa shape index (κ1) is 12.5. The molecule has 6 heteroatoms. The van der Waals surface area contributed by atoms with E-state index >= 15 is 0 Å². The first-order valence-electron chi connectivity index (χ1n) is 3.16. The topological polar surface area (TPSA) is 45.5 Å². The molecule has 0 aliphatic rings. The molecule has 0 spiro atoms. The molecule has 1 rings (SSSR count). The molecule has 0 aliphatic carbocycles. The van der Waals surface area contributed by atoms with Crippen LogP contribution in [0.2, 0.25) is 0 Å². The molecule has 3 nitrogen and oxygen atoms in total. The summed E-state index contributed by atoms with van der Waals surface area (Å²) in [6, 6.07) is 5.72. The molecule has 72 valence electrons. The number of alkyl halides is 3. The van der Waals surface area contributed by atoms with Crippen LogP contribution in [0, 0.1) is 0 Å². The molecule has 0 atom stereocenters. The van der Waals surface area contributed by atoms with Gasteiger partial charge in [0, 0.05) is 12.4 Å². The lowest BCUT2D eigenvalue weighted by Gasteiger charge is -1.96. The number of pyridine rings is 1. The van der Waals surface area contributed by atoms with Gasteiger partial charge in [0.2, 0.25) is 3.79 Å². The third kappa shape index (κ3) is 11.5. The van der Waals surface area contributed by atoms with Crippen LogP contribution in [0.15, 0.2) is 35.7 Å². The van der Waals surface area contributed by atoms with Gasteiger partial charge < -0.3 is 5.21 Å². The van der Waals surface area contributed by atoms with Crippen LogP contribution in [-0.2, 0) is 0 Å². The molecule has 0 unspecified atom stereocenters. The Bertz CT molecular complexity index is 209. The summed E-state index contributed by atoms with van der Waals surface area (Å²) >= 11 is 15.2. The van der Waals surface area contributed by atoms with E-state index in [-0.39, 0.29) is 0 Å². The number of nitrogens with zero attached hydrogens (tertiary/aromatic N) is 2. The first-order valence-corrected chi connectivity index (χ1v) is 4.30. The van der Waals surface area contributed by atoms with Crippen molar-refractivity contribution in [2.75, 3.05) is 0 Å². The molecule has 0 fully saturated rings. The van der Waals surface area contributed by atoms with E-state index in [1.807, 2.05) is 18.2 Å². The van der Waals surface area contributed by atoms with Crippen molar-refractivity contribution in [1.29, 1.82) is 0 Å². The number of aromatic nitrogens is 1. The molecule has 0 amide bonds. The standard InChI is InChI=1S/C5H5N.C2H2Cl3NO/c1-2-4-6-5-3-1;3-2(4,5)1-6-7/h1-5H;1,7H. The van der Waals surface area contributed by atoms with E-state index in [1.165, 1.54) is 0 Å². The molecular formula is C7H7Cl3N2O. The van der Waals surface area contributed by atoms with Gasteiger partial charge in [-0.1, -0.05) is 46.0 Å². The van der Waals surface area contributed by atoms with Gasteiger partial charge in [0.1, 0.15) is 0 Å². The predicted octanol–water partition coefficient (Wildman–Crippen LogP) is 2.90. The molecular weight excluding hydrogens is 234 g/mol. The Kier molecular flexibility index (Phi) is 6.68. The summed E-state index contributed by atoms with van der Waals surface area (Å²) in [6.45, 7) is 0. The minimum atomic E-state index is -1.57. The highest BCUT2D eigenvalue weighted by molar-refractivity contribution is 6.74. The third-order valence-corrected chi connectivity index (χ3v) is 1.06. The molecule has 0 radical (unpaired) electrons. The highest BCUT2D eigenvalue weighted by Crippen LogP contribution is 2.22. The van der Waals surface area contributed by atoms with Crippen molar-refractivity contribution in [3.8, 4) is 0 Å². The number of oxime groups is 1. The molecule has 1 heterocycles. The average Bonchev–Trinajstić information content (AvgIpc) is 2.06. The normalized spacial score (nSPS) is 10.7. The van der Waals surface area contributed by atoms with Crippen LogP contribution in [0.1, 0.15) is 0 Å². The van der Waals surface area contributed by atoms with Crippen molar-refractivity contribution in [3.63, 3.8) is 0 Å². The summed E-state index contributed by atoms with van der Waals surface area (Å²) in [4.78, 5) is 3.78. The molecule has 1 aromatic heterocycles. The van der Waals surface area contributed by atoms with Gasteiger partial charge in [-0.3, -0.25) is 4.98 Å². The summed E-state index contributed by atoms with van der Waals surface area (Å²) in [7, 11) is 0. The second kappa shape index (κ2) is 6.95. The minimum absolute atomic E-state index is 0.789. The van der Waals surface area contributed by atoms with E-state index in [0.717, 1.165) is 6.21 Å². The molecule has 0 aliphatic heterocycles. The summed E-state index contributed by atoms with van der Waals surface area (Å²) in [6.07, 6.45) is 4.29. The van der Waals surface area contributed by atoms with Gasteiger partial charge in [-0.05, 0) is 12.1 Å². The van der Waals surface area contributed by atoms with Crippen molar-refractivity contribution in [2.45, 2.75) is 3.79 Å². The quantitative estimate of drug-likeness (QED) is 0.328. The van der Waals surface area contributed by atoms with Crippen LogP contribution in [-0.4, -0.2) is 20.2 Å². The molecule has 13 heavy (non-hydrogen) atoms. The Labute approximate surface area is 90.9 Å². The van der Waals surface area contributed by atoms with Gasteiger partial charge in [0.05, 0.1) is 6.21 Å². The molecule has 0 saturated heterocycles. The van der Waals surface area contributed by atoms with Crippen molar-refractivity contribution >= 4 is 41.0 Å². The summed E-state index contributed by atoms with van der Waals surface area (Å²) in [5.74, 6) is 0. The van der Waals surface area contributed by atoms with Crippen molar-refractivity contribution in [3.05, 3.63) is 30.6 Å². The van der Waals surface area contributed by atoms with Crippen molar-refractivity contribution in [1.82, 2.24) is 4.98 Å². The number of hydrogen-bond acceptors (Lipinski definition) is 3. The van der Waals surface area contributed by atoms with E-state index in [2.05, 4.69) is 10.1 Å². The van der Waals surface area contributed by atoms with Crippen LogP contribution in [0.3, 0.4) is 0 Å². The van der Waals surface area contributed by atoms with Gasteiger partial charge >= 0.3 is 0 Å². The van der Waals surface area contributed by atoms with Crippen molar-refractivity contribution < 1.29 is 5.21 Å². The Hall–Kier alpha value is -0.510. The molecule has 0 aromatic carbocycles. The number of halogens is 3. The fourth-order valence-corrected chi connectivity index (χ4v) is 0.509. The van der Waals surface area contributed by atoms with Crippen LogP contribution in [0.5, 0.6) is 0 Å². The van der Waals surface area contributed by atoms with Gasteiger partial charge in [0.15, 0.2) is 0 Å². The number of rotatable bonds is 0. The lowest BCUT2D eigenvalue weighted by atomic mass is 10.5. The van der Waals surface area contributed by atoms with Crippen LogP contribution < -0.4 is 0 Å². The van der Waals surface area contributed by atoms with E-state index < -0.39 is 3.79 Å². The maximum absolute atomic E-state index is 7.72. The minimum Gasteiger partial charge on any atom is -0.411 e. The van der Waals surface area contributed by atoms with E-state index in [9.17, 15) is 0 Å². The summed E-state index contributed by atoms with van der Waals surface area (Å²) in [5, 5.41) is 10.2. The smallest absolute Gasteiger partial charge is 0.229 e. The van der Waals surface area contributed by atoms with Crippen LogP contribution in [0.4, 0.5) is 0 Å². The van der Waals surface area contributed by atoms with Gasteiger partial charge in [-0.15, -0.1) is 0 Å². The zero-order chi connectivity index (χ0) is 10.2. The SMILES string of the molecule is ON=CC(Cl)(Cl)Cl.c1ccncc1. The van der Waals surface area contributed by atoms with Gasteiger partial charge in [0.25, 0.3) is 0 Å². The lowest BCUT2D eigenvalue weighted by Crippen LogP contribution is -2.01. The monoisotopic (exact) mass is 240 g/mol. The van der Waals surface area contributed by atoms with E-state index in [0.29, 0.717) is 0 Å². The number of hydrogen-bond donors (Lipinski definition) is 1. The highest BCUT2D eigenvalue weighted by atomic mass is 35.6. The molecule has 0 saturated carbocycles. The Morgan fingerprint density at radius 3 is 1.77 bits per heavy atom. The van der Waals surface area contributed by atoms with E-state index in [1.54, 1.807) is 12.4 Å². The molecule has 1 N–H and O–H groups in total. The summed E-state index contributed by atoms with van der Waals surface area (Å²) < 4.78 is -1.57. The van der Waals surface area contributed by atoms with Crippen LogP contribution >= 0.6 is 34.8 Å². The molecule has 1 aromatic rings. The fraction of sp³-hybridized carbons (Fsp3) is 0.143. The third-order valence-electron chi connectivity index (χ3n) is 0.771. The maximum atomic E-state index is 7.72. The lowest BCUT2D eigenvalue weighted by molar-refractivity contribution is 0.321. The maximum Gasteiger partial charge on any atom is 0.229 e. The van der Waals surface area contributed by atoms with E-state index in [4.69, 9.17) is 40.0 Å². The van der Waals surface area contributed by atoms with Gasteiger partial charge in [-0.25, -0.2) is 0 Å². The Balaban J connectivity index is 0.000000223. The van der Waals surface area contributed by atoms with Crippen molar-refractivity contribution in [2.24, 2.45) is 5.16 Å². The fourth-order valence-electron chi connectivity index (χ4n) is 0.378. The summed E-state index contributed by atoms with van der Waals surface area (Å²) in [5.41, 5.74) is 0. The Morgan fingerprint density at radius 2 is 1.69 bits per heavy atom. The predicted molar refractivity (Wildman–Crippen MR) is 54.8 cm³/mol. The largest absolute Gasteiger partial charge is 0.411 e. The first-order chi connectivity index (χ1) is 6.06. The Morgan fingerprint density at radius 1 is 1.15 bits per heavy atom. The zero-order valence-corrected chi connectivity index (χ0v) is 8.71.